The Morgan fingerprint density at radius 3 is 2.45 bits per heavy atom. The van der Waals surface area contributed by atoms with Crippen LogP contribution in [0.5, 0.6) is 5.75 Å². The molecule has 2 atom stereocenters. The Hall–Kier alpha value is -1.02. The minimum absolute atomic E-state index is 0.308. The molecule has 0 aromatic heterocycles. The number of quaternary nitrogens is 1. The van der Waals surface area contributed by atoms with Gasteiger partial charge in [-0.05, 0) is 58.1 Å². The lowest BCUT2D eigenvalue weighted by atomic mass is 10.0. The van der Waals surface area contributed by atoms with Crippen LogP contribution in [0.3, 0.4) is 0 Å². The monoisotopic (exact) mass is 276 g/mol. The first-order chi connectivity index (χ1) is 9.66. The van der Waals surface area contributed by atoms with E-state index in [4.69, 9.17) is 4.74 Å². The molecule has 2 nitrogen and oxygen atoms in total. The molecule has 20 heavy (non-hydrogen) atoms. The summed E-state index contributed by atoms with van der Waals surface area (Å²) in [4.78, 5) is 1.80. The van der Waals surface area contributed by atoms with E-state index in [-0.39, 0.29) is 0 Å². The van der Waals surface area contributed by atoms with Gasteiger partial charge in [0.25, 0.3) is 0 Å². The molecule has 1 aromatic rings. The highest BCUT2D eigenvalue weighted by atomic mass is 16.5. The number of para-hydroxylation sites is 1. The van der Waals surface area contributed by atoms with Gasteiger partial charge < -0.3 is 9.64 Å². The second-order valence-corrected chi connectivity index (χ2v) is 6.39. The SMILES string of the molecule is Cc1ccccc1O[C@H](C)CC[C@@H](C)[NH+]1CCCCC1. The number of likely N-dealkylation sites (tertiary alicyclic amines) is 1. The third-order valence-corrected chi connectivity index (χ3v) is 4.62. The molecule has 0 bridgehead atoms. The number of aryl methyl sites for hydroxylation is 1. The Labute approximate surface area is 124 Å². The summed E-state index contributed by atoms with van der Waals surface area (Å²) in [5, 5.41) is 0. The van der Waals surface area contributed by atoms with Crippen molar-refractivity contribution >= 4 is 0 Å². The Kier molecular flexibility index (Phi) is 5.90. The number of benzene rings is 1. The van der Waals surface area contributed by atoms with Gasteiger partial charge in [-0.1, -0.05) is 18.2 Å². The minimum Gasteiger partial charge on any atom is -0.490 e. The van der Waals surface area contributed by atoms with Crippen LogP contribution < -0.4 is 9.64 Å². The summed E-state index contributed by atoms with van der Waals surface area (Å²) in [6, 6.07) is 9.08. The first-order valence-electron chi connectivity index (χ1n) is 8.23. The smallest absolute Gasteiger partial charge is 0.122 e. The average Bonchev–Trinajstić information content (AvgIpc) is 2.48. The summed E-state index contributed by atoms with van der Waals surface area (Å²) in [5.74, 6) is 1.04. The van der Waals surface area contributed by atoms with Gasteiger partial charge in [0, 0.05) is 6.42 Å². The van der Waals surface area contributed by atoms with Gasteiger partial charge in [0.05, 0.1) is 25.2 Å². The van der Waals surface area contributed by atoms with Crippen molar-refractivity contribution in [2.24, 2.45) is 0 Å². The number of rotatable bonds is 6. The van der Waals surface area contributed by atoms with E-state index < -0.39 is 0 Å². The summed E-state index contributed by atoms with van der Waals surface area (Å²) in [5.41, 5.74) is 1.23. The summed E-state index contributed by atoms with van der Waals surface area (Å²) in [6.07, 6.45) is 6.98. The van der Waals surface area contributed by atoms with Gasteiger partial charge in [0.1, 0.15) is 5.75 Å². The number of piperidine rings is 1. The van der Waals surface area contributed by atoms with Crippen LogP contribution in [0.25, 0.3) is 0 Å². The quantitative estimate of drug-likeness (QED) is 0.843. The van der Waals surface area contributed by atoms with Crippen LogP contribution in [0.2, 0.25) is 0 Å². The van der Waals surface area contributed by atoms with Crippen molar-refractivity contribution in [3.05, 3.63) is 29.8 Å². The first kappa shape index (κ1) is 15.4. The highest BCUT2D eigenvalue weighted by Crippen LogP contribution is 2.19. The zero-order valence-corrected chi connectivity index (χ0v) is 13.3. The van der Waals surface area contributed by atoms with Crippen LogP contribution in [-0.2, 0) is 0 Å². The van der Waals surface area contributed by atoms with Gasteiger partial charge >= 0.3 is 0 Å². The van der Waals surface area contributed by atoms with Crippen molar-refractivity contribution in [3.63, 3.8) is 0 Å². The molecule has 112 valence electrons. The molecule has 1 N–H and O–H groups in total. The van der Waals surface area contributed by atoms with Crippen LogP contribution in [0.15, 0.2) is 24.3 Å². The van der Waals surface area contributed by atoms with E-state index in [2.05, 4.69) is 45.0 Å². The molecule has 2 rings (SSSR count). The highest BCUT2D eigenvalue weighted by Gasteiger charge is 2.20. The maximum absolute atomic E-state index is 6.07. The normalized spacial score (nSPS) is 19.6. The fourth-order valence-electron chi connectivity index (χ4n) is 3.15. The molecule has 2 heteroatoms. The van der Waals surface area contributed by atoms with Crippen molar-refractivity contribution in [2.75, 3.05) is 13.1 Å². The lowest BCUT2D eigenvalue weighted by molar-refractivity contribution is -0.928. The van der Waals surface area contributed by atoms with Crippen molar-refractivity contribution in [2.45, 2.75) is 65.0 Å². The van der Waals surface area contributed by atoms with Crippen molar-refractivity contribution in [1.82, 2.24) is 0 Å². The third kappa shape index (κ3) is 4.52. The van der Waals surface area contributed by atoms with E-state index in [0.29, 0.717) is 6.10 Å². The lowest BCUT2D eigenvalue weighted by Gasteiger charge is -2.30. The van der Waals surface area contributed by atoms with Gasteiger partial charge in [-0.3, -0.25) is 0 Å². The zero-order chi connectivity index (χ0) is 14.4. The maximum Gasteiger partial charge on any atom is 0.122 e. The van der Waals surface area contributed by atoms with Gasteiger partial charge in [0.15, 0.2) is 0 Å². The van der Waals surface area contributed by atoms with E-state index in [1.165, 1.54) is 44.3 Å². The van der Waals surface area contributed by atoms with E-state index in [1.807, 2.05) is 0 Å². The highest BCUT2D eigenvalue weighted by molar-refractivity contribution is 5.31. The molecule has 0 saturated carbocycles. The molecule has 0 unspecified atom stereocenters. The van der Waals surface area contributed by atoms with E-state index in [1.54, 1.807) is 4.90 Å². The maximum atomic E-state index is 6.07. The van der Waals surface area contributed by atoms with Crippen molar-refractivity contribution in [3.8, 4) is 5.75 Å². The second kappa shape index (κ2) is 7.68. The fraction of sp³-hybridized carbons (Fsp3) is 0.667. The van der Waals surface area contributed by atoms with Crippen LogP contribution >= 0.6 is 0 Å². The number of ether oxygens (including phenoxy) is 1. The minimum atomic E-state index is 0.308. The predicted octanol–water partition coefficient (Wildman–Crippen LogP) is 3.00. The van der Waals surface area contributed by atoms with Crippen LogP contribution in [0.1, 0.15) is 51.5 Å². The molecule has 1 heterocycles. The molecule has 1 fully saturated rings. The standard InChI is InChI=1S/C18H29NO/c1-15-9-5-6-10-18(15)20-17(3)12-11-16(2)19-13-7-4-8-14-19/h5-6,9-10,16-17H,4,7-8,11-14H2,1-3H3/p+1/t16-,17-/m1/s1. The molecular formula is C18H30NO+. The second-order valence-electron chi connectivity index (χ2n) is 6.39. The largest absolute Gasteiger partial charge is 0.490 e. The summed E-state index contributed by atoms with van der Waals surface area (Å²) in [6.45, 7) is 9.46. The van der Waals surface area contributed by atoms with E-state index in [9.17, 15) is 0 Å². The predicted molar refractivity (Wildman–Crippen MR) is 84.5 cm³/mol. The van der Waals surface area contributed by atoms with Crippen LogP contribution in [0.4, 0.5) is 0 Å². The third-order valence-electron chi connectivity index (χ3n) is 4.62. The van der Waals surface area contributed by atoms with Gasteiger partial charge in [-0.25, -0.2) is 0 Å². The van der Waals surface area contributed by atoms with Crippen LogP contribution in [-0.4, -0.2) is 25.2 Å². The van der Waals surface area contributed by atoms with Gasteiger partial charge in [-0.2, -0.15) is 0 Å². The van der Waals surface area contributed by atoms with Crippen LogP contribution in [0, 0.1) is 6.92 Å². The molecule has 1 aromatic carbocycles. The molecule has 1 aliphatic rings. The Morgan fingerprint density at radius 1 is 1.05 bits per heavy atom. The summed E-state index contributed by atoms with van der Waals surface area (Å²) < 4.78 is 6.07. The van der Waals surface area contributed by atoms with E-state index in [0.717, 1.165) is 18.2 Å². The van der Waals surface area contributed by atoms with Gasteiger partial charge in [-0.15, -0.1) is 0 Å². The molecular weight excluding hydrogens is 246 g/mol. The van der Waals surface area contributed by atoms with Crippen molar-refractivity contribution in [1.29, 1.82) is 0 Å². The van der Waals surface area contributed by atoms with Crippen molar-refractivity contribution < 1.29 is 9.64 Å². The first-order valence-corrected chi connectivity index (χ1v) is 8.23. The molecule has 0 radical (unpaired) electrons. The number of hydrogen-bond acceptors (Lipinski definition) is 1. The Balaban J connectivity index is 1.74. The molecule has 1 saturated heterocycles. The zero-order valence-electron chi connectivity index (χ0n) is 13.3. The number of hydrogen-bond donors (Lipinski definition) is 1. The summed E-state index contributed by atoms with van der Waals surface area (Å²) >= 11 is 0. The Bertz CT molecular complexity index is 398. The molecule has 0 amide bonds. The topological polar surface area (TPSA) is 13.7 Å². The average molecular weight is 276 g/mol. The molecule has 0 spiro atoms. The number of nitrogens with one attached hydrogen (secondary N) is 1. The summed E-state index contributed by atoms with van der Waals surface area (Å²) in [7, 11) is 0. The Morgan fingerprint density at radius 2 is 1.75 bits per heavy atom. The van der Waals surface area contributed by atoms with E-state index >= 15 is 0 Å². The molecule has 1 aliphatic heterocycles. The lowest BCUT2D eigenvalue weighted by Crippen LogP contribution is -3.16. The molecule has 0 aliphatic carbocycles. The van der Waals surface area contributed by atoms with Gasteiger partial charge in [0.2, 0.25) is 0 Å². The fourth-order valence-corrected chi connectivity index (χ4v) is 3.15.